The number of benzene rings is 5. The molecule has 0 aliphatic rings. The second-order valence-corrected chi connectivity index (χ2v) is 9.60. The Morgan fingerprint density at radius 3 is 1.10 bits per heavy atom. The number of para-hydroxylation sites is 8. The highest BCUT2D eigenvalue weighted by atomic mass is 15.1. The minimum atomic E-state index is 0.672. The monoisotopic (exact) mass is 514 g/mol. The van der Waals surface area contributed by atoms with Gasteiger partial charge in [-0.1, -0.05) is 72.8 Å². The number of nitrogens with zero attached hydrogens (tertiary/aromatic N) is 6. The fourth-order valence-corrected chi connectivity index (χ4v) is 5.36. The van der Waals surface area contributed by atoms with Crippen molar-refractivity contribution in [1.29, 1.82) is 0 Å². The van der Waals surface area contributed by atoms with Gasteiger partial charge in [-0.05, 0) is 60.7 Å². The zero-order valence-corrected chi connectivity index (χ0v) is 21.4. The van der Waals surface area contributed by atoms with Crippen molar-refractivity contribution in [2.75, 3.05) is 0 Å². The molecule has 8 aromatic rings. The highest BCUT2D eigenvalue weighted by Crippen LogP contribution is 2.36. The maximum Gasteiger partial charge on any atom is 0.166 e. The molecule has 0 fully saturated rings. The van der Waals surface area contributed by atoms with Gasteiger partial charge in [0.15, 0.2) is 11.6 Å². The summed E-state index contributed by atoms with van der Waals surface area (Å²) >= 11 is 0. The molecule has 8 rings (SSSR count). The van der Waals surface area contributed by atoms with E-state index in [0.717, 1.165) is 44.5 Å². The van der Waals surface area contributed by atoms with Crippen molar-refractivity contribution in [3.63, 3.8) is 0 Å². The van der Waals surface area contributed by atoms with Crippen LogP contribution in [0.3, 0.4) is 0 Å². The van der Waals surface area contributed by atoms with E-state index in [1.165, 1.54) is 0 Å². The smallest absolute Gasteiger partial charge is 0.166 e. The van der Waals surface area contributed by atoms with E-state index in [4.69, 9.17) is 19.9 Å². The van der Waals surface area contributed by atoms with Crippen molar-refractivity contribution in [2.24, 2.45) is 0 Å². The number of fused-ring (bicyclic) bond motifs is 3. The Bertz CT molecular complexity index is 2000. The molecule has 0 amide bonds. The van der Waals surface area contributed by atoms with Gasteiger partial charge in [0.25, 0.3) is 0 Å². The van der Waals surface area contributed by atoms with Gasteiger partial charge >= 0.3 is 0 Å². The third-order valence-electron chi connectivity index (χ3n) is 7.14. The van der Waals surface area contributed by atoms with E-state index in [0.29, 0.717) is 23.0 Å². The van der Waals surface area contributed by atoms with Gasteiger partial charge in [-0.15, -0.1) is 0 Å². The summed E-state index contributed by atoms with van der Waals surface area (Å²) in [4.78, 5) is 20.7. The topological polar surface area (TPSA) is 61.4 Å². The summed E-state index contributed by atoms with van der Waals surface area (Å²) in [6.45, 7) is 0. The van der Waals surface area contributed by atoms with E-state index < -0.39 is 0 Å². The Hall–Kier alpha value is -5.62. The Kier molecular flexibility index (Phi) is 5.03. The molecule has 0 saturated carbocycles. The number of hydrogen-bond donors (Lipinski definition) is 0. The summed E-state index contributed by atoms with van der Waals surface area (Å²) in [5, 5.41) is 0. The maximum atomic E-state index is 5.21. The van der Waals surface area contributed by atoms with E-state index >= 15 is 0 Å². The SMILES string of the molecule is c1ccc(-n2c(-c3nc4ccccc4nc3-c3nc4ccccc4n3-c3ccccc3)nc3ccccc32)cc1. The molecule has 0 N–H and O–H groups in total. The lowest BCUT2D eigenvalue weighted by Gasteiger charge is -2.14. The van der Waals surface area contributed by atoms with Crippen molar-refractivity contribution >= 4 is 33.1 Å². The Balaban J connectivity index is 1.51. The number of hydrogen-bond acceptors (Lipinski definition) is 4. The third-order valence-corrected chi connectivity index (χ3v) is 7.14. The first-order chi connectivity index (χ1) is 19.8. The summed E-state index contributed by atoms with van der Waals surface area (Å²) in [5.41, 5.74) is 8.73. The molecule has 40 heavy (non-hydrogen) atoms. The highest BCUT2D eigenvalue weighted by Gasteiger charge is 2.25. The van der Waals surface area contributed by atoms with Crippen LogP contribution in [0.15, 0.2) is 133 Å². The molecule has 0 aliphatic carbocycles. The molecule has 0 unspecified atom stereocenters. The predicted molar refractivity (Wildman–Crippen MR) is 160 cm³/mol. The third kappa shape index (κ3) is 3.50. The van der Waals surface area contributed by atoms with Crippen LogP contribution in [0.5, 0.6) is 0 Å². The highest BCUT2D eigenvalue weighted by molar-refractivity contribution is 5.91. The van der Waals surface area contributed by atoms with Crippen LogP contribution in [0, 0.1) is 0 Å². The largest absolute Gasteiger partial charge is 0.291 e. The quantitative estimate of drug-likeness (QED) is 0.242. The van der Waals surface area contributed by atoms with Crippen molar-refractivity contribution in [1.82, 2.24) is 29.1 Å². The fraction of sp³-hybridized carbons (Fsp3) is 0. The lowest BCUT2D eigenvalue weighted by atomic mass is 10.2. The van der Waals surface area contributed by atoms with Crippen molar-refractivity contribution in [3.8, 4) is 34.4 Å². The van der Waals surface area contributed by atoms with Crippen LogP contribution in [0.2, 0.25) is 0 Å². The zero-order chi connectivity index (χ0) is 26.5. The molecule has 5 aromatic carbocycles. The standard InChI is InChI=1S/C34H22N6/c1-3-13-23(14-4-1)39-29-21-11-9-19-27(29)37-33(39)31-32(36-26-18-8-7-17-25(26)35-31)34-38-28-20-10-12-22-30(28)40(34)24-15-5-2-6-16-24/h1-22H. The molecular formula is C34H22N6. The van der Waals surface area contributed by atoms with Gasteiger partial charge in [0, 0.05) is 11.4 Å². The average molecular weight is 515 g/mol. The number of imidazole rings is 2. The summed E-state index contributed by atoms with van der Waals surface area (Å²) < 4.78 is 4.32. The van der Waals surface area contributed by atoms with E-state index in [1.54, 1.807) is 0 Å². The van der Waals surface area contributed by atoms with Crippen LogP contribution in [0.1, 0.15) is 0 Å². The van der Waals surface area contributed by atoms with Gasteiger partial charge in [0.1, 0.15) is 11.4 Å². The van der Waals surface area contributed by atoms with Gasteiger partial charge in [0.2, 0.25) is 0 Å². The number of aromatic nitrogens is 6. The first-order valence-electron chi connectivity index (χ1n) is 13.2. The first kappa shape index (κ1) is 22.4. The van der Waals surface area contributed by atoms with Crippen molar-refractivity contribution < 1.29 is 0 Å². The zero-order valence-electron chi connectivity index (χ0n) is 21.4. The summed E-state index contributed by atoms with van der Waals surface area (Å²) in [6.07, 6.45) is 0. The Labute approximate surface area is 229 Å². The molecule has 0 aliphatic heterocycles. The second-order valence-electron chi connectivity index (χ2n) is 9.60. The van der Waals surface area contributed by atoms with Crippen LogP contribution < -0.4 is 0 Å². The molecule has 0 saturated heterocycles. The molecule has 6 heteroatoms. The van der Waals surface area contributed by atoms with Gasteiger partial charge in [0.05, 0.1) is 33.1 Å². The van der Waals surface area contributed by atoms with Crippen molar-refractivity contribution in [3.05, 3.63) is 133 Å². The summed E-state index contributed by atoms with van der Waals surface area (Å²) in [7, 11) is 0. The van der Waals surface area contributed by atoms with Crippen LogP contribution in [-0.4, -0.2) is 29.1 Å². The summed E-state index contributed by atoms with van der Waals surface area (Å²) in [5.74, 6) is 1.43. The molecule has 188 valence electrons. The van der Waals surface area contributed by atoms with E-state index in [-0.39, 0.29) is 0 Å². The van der Waals surface area contributed by atoms with Crippen LogP contribution in [0.25, 0.3) is 67.5 Å². The molecule has 0 spiro atoms. The lowest BCUT2D eigenvalue weighted by molar-refractivity contribution is 1.05. The van der Waals surface area contributed by atoms with E-state index in [2.05, 4.69) is 45.5 Å². The van der Waals surface area contributed by atoms with Crippen LogP contribution in [0.4, 0.5) is 0 Å². The lowest BCUT2D eigenvalue weighted by Crippen LogP contribution is -2.05. The second kappa shape index (κ2) is 8.99. The minimum absolute atomic E-state index is 0.672. The Morgan fingerprint density at radius 1 is 0.325 bits per heavy atom. The van der Waals surface area contributed by atoms with Gasteiger partial charge in [-0.25, -0.2) is 19.9 Å². The molecular weight excluding hydrogens is 492 g/mol. The van der Waals surface area contributed by atoms with E-state index in [1.807, 2.05) is 97.1 Å². The van der Waals surface area contributed by atoms with E-state index in [9.17, 15) is 0 Å². The average Bonchev–Trinajstić information content (AvgIpc) is 3.60. The Morgan fingerprint density at radius 2 is 0.675 bits per heavy atom. The van der Waals surface area contributed by atoms with Gasteiger partial charge in [-0.2, -0.15) is 0 Å². The maximum absolute atomic E-state index is 5.21. The molecule has 0 bridgehead atoms. The molecule has 6 nitrogen and oxygen atoms in total. The molecule has 0 radical (unpaired) electrons. The predicted octanol–water partition coefficient (Wildman–Crippen LogP) is 7.64. The minimum Gasteiger partial charge on any atom is -0.291 e. The van der Waals surface area contributed by atoms with Crippen LogP contribution >= 0.6 is 0 Å². The summed E-state index contributed by atoms with van der Waals surface area (Å²) in [6, 6.07) is 44.8. The normalized spacial score (nSPS) is 11.5. The van der Waals surface area contributed by atoms with Crippen molar-refractivity contribution in [2.45, 2.75) is 0 Å². The van der Waals surface area contributed by atoms with Gasteiger partial charge in [-0.3, -0.25) is 9.13 Å². The molecule has 3 heterocycles. The number of rotatable bonds is 4. The molecule has 3 aromatic heterocycles. The van der Waals surface area contributed by atoms with Gasteiger partial charge < -0.3 is 0 Å². The first-order valence-corrected chi connectivity index (χ1v) is 13.2. The molecule has 0 atom stereocenters. The fourth-order valence-electron chi connectivity index (χ4n) is 5.36. The van der Waals surface area contributed by atoms with Crippen LogP contribution in [-0.2, 0) is 0 Å².